The summed E-state index contributed by atoms with van der Waals surface area (Å²) in [5.74, 6) is 0.843. The van der Waals surface area contributed by atoms with E-state index in [9.17, 15) is 4.79 Å². The number of benzene rings is 1. The maximum Gasteiger partial charge on any atom is 0.267 e. The molecular formula is C21H23N7OS. The van der Waals surface area contributed by atoms with Gasteiger partial charge in [0.05, 0.1) is 18.1 Å². The molecule has 2 N–H and O–H groups in total. The van der Waals surface area contributed by atoms with Crippen LogP contribution in [0.5, 0.6) is 0 Å². The van der Waals surface area contributed by atoms with Crippen molar-refractivity contribution in [2.24, 2.45) is 0 Å². The van der Waals surface area contributed by atoms with Crippen LogP contribution in [0.3, 0.4) is 0 Å². The molecule has 1 aliphatic heterocycles. The molecule has 1 amide bonds. The zero-order chi connectivity index (χ0) is 20.5. The van der Waals surface area contributed by atoms with Crippen molar-refractivity contribution in [3.05, 3.63) is 42.2 Å². The first-order chi connectivity index (χ1) is 14.7. The molecule has 0 aliphatic carbocycles. The summed E-state index contributed by atoms with van der Waals surface area (Å²) < 4.78 is 1.85. The van der Waals surface area contributed by atoms with E-state index in [0.29, 0.717) is 18.8 Å². The summed E-state index contributed by atoms with van der Waals surface area (Å²) in [5.41, 5.74) is 2.33. The van der Waals surface area contributed by atoms with Crippen LogP contribution in [0, 0.1) is 0 Å². The minimum absolute atomic E-state index is 0.125. The average molecular weight is 422 g/mol. The standard InChI is InChI=1S/C21H23N7OS/c1-30-21-25-18(27-9-4-5-10-27)15-13-23-28(19(15)26-21)11-8-22-20(29)17-12-14-6-2-3-7-16(14)24-17/h2-3,6-7,12-13,24H,4-5,8-11H2,1H3,(H,22,29). The average Bonchev–Trinajstić information content (AvgIpc) is 3.52. The number of fused-ring (bicyclic) bond motifs is 2. The first kappa shape index (κ1) is 18.9. The number of nitrogens with zero attached hydrogens (tertiary/aromatic N) is 5. The van der Waals surface area contributed by atoms with Crippen LogP contribution in [0.1, 0.15) is 23.3 Å². The molecule has 1 aromatic carbocycles. The SMILES string of the molecule is CSc1nc(N2CCCC2)c2cnn(CCNC(=O)c3cc4ccccc4[nH]3)c2n1. The van der Waals surface area contributed by atoms with Gasteiger partial charge in [0.25, 0.3) is 5.91 Å². The van der Waals surface area contributed by atoms with Gasteiger partial charge in [-0.3, -0.25) is 4.79 Å². The van der Waals surface area contributed by atoms with Gasteiger partial charge in [-0.05, 0) is 31.2 Å². The van der Waals surface area contributed by atoms with Crippen LogP contribution >= 0.6 is 11.8 Å². The van der Waals surface area contributed by atoms with Crippen molar-refractivity contribution >= 4 is 45.4 Å². The number of nitrogens with one attached hydrogen (secondary N) is 2. The van der Waals surface area contributed by atoms with Crippen molar-refractivity contribution in [1.82, 2.24) is 30.0 Å². The molecule has 3 aromatic heterocycles. The number of hydrogen-bond acceptors (Lipinski definition) is 6. The number of thioether (sulfide) groups is 1. The lowest BCUT2D eigenvalue weighted by atomic mass is 10.2. The van der Waals surface area contributed by atoms with E-state index in [1.165, 1.54) is 24.6 Å². The summed E-state index contributed by atoms with van der Waals surface area (Å²) in [4.78, 5) is 27.4. The predicted molar refractivity (Wildman–Crippen MR) is 119 cm³/mol. The quantitative estimate of drug-likeness (QED) is 0.367. The third-order valence-corrected chi connectivity index (χ3v) is 5.98. The molecule has 0 saturated carbocycles. The molecule has 0 spiro atoms. The first-order valence-corrected chi connectivity index (χ1v) is 11.3. The van der Waals surface area contributed by atoms with Crippen LogP contribution in [0.15, 0.2) is 41.7 Å². The van der Waals surface area contributed by atoms with E-state index in [4.69, 9.17) is 4.98 Å². The van der Waals surface area contributed by atoms with E-state index >= 15 is 0 Å². The molecular weight excluding hydrogens is 398 g/mol. The van der Waals surface area contributed by atoms with Gasteiger partial charge in [-0.15, -0.1) is 0 Å². The largest absolute Gasteiger partial charge is 0.356 e. The number of H-pyrrole nitrogens is 1. The molecule has 5 rings (SSSR count). The number of hydrogen-bond donors (Lipinski definition) is 2. The smallest absolute Gasteiger partial charge is 0.267 e. The lowest BCUT2D eigenvalue weighted by Gasteiger charge is -2.17. The van der Waals surface area contributed by atoms with Gasteiger partial charge in [-0.25, -0.2) is 14.6 Å². The summed E-state index contributed by atoms with van der Waals surface area (Å²) >= 11 is 1.53. The fourth-order valence-corrected chi connectivity index (χ4v) is 4.27. The Bertz CT molecular complexity index is 1180. The van der Waals surface area contributed by atoms with Crippen LogP contribution in [-0.2, 0) is 6.54 Å². The Morgan fingerprint density at radius 1 is 1.23 bits per heavy atom. The number of amides is 1. The Hall–Kier alpha value is -3.07. The van der Waals surface area contributed by atoms with Crippen molar-refractivity contribution in [1.29, 1.82) is 0 Å². The molecule has 0 bridgehead atoms. The van der Waals surface area contributed by atoms with Gasteiger partial charge in [0.1, 0.15) is 11.5 Å². The third-order valence-electron chi connectivity index (χ3n) is 5.43. The van der Waals surface area contributed by atoms with Crippen molar-refractivity contribution in [3.63, 3.8) is 0 Å². The molecule has 4 heterocycles. The highest BCUT2D eigenvalue weighted by Crippen LogP contribution is 2.28. The van der Waals surface area contributed by atoms with Crippen LogP contribution in [0.2, 0.25) is 0 Å². The molecule has 1 aliphatic rings. The number of rotatable bonds is 6. The van der Waals surface area contributed by atoms with E-state index < -0.39 is 0 Å². The zero-order valence-corrected chi connectivity index (χ0v) is 17.6. The second-order valence-corrected chi connectivity index (χ2v) is 8.13. The molecule has 154 valence electrons. The summed E-state index contributed by atoms with van der Waals surface area (Å²) in [6, 6.07) is 9.73. The normalized spacial score (nSPS) is 14.1. The summed E-state index contributed by atoms with van der Waals surface area (Å²) in [6.07, 6.45) is 6.20. The maximum atomic E-state index is 12.5. The van der Waals surface area contributed by atoms with Crippen molar-refractivity contribution in [3.8, 4) is 0 Å². The number of para-hydroxylation sites is 1. The Morgan fingerprint density at radius 3 is 2.87 bits per heavy atom. The monoisotopic (exact) mass is 421 g/mol. The number of carbonyl (C=O) groups is 1. The Morgan fingerprint density at radius 2 is 2.07 bits per heavy atom. The number of anilines is 1. The Kier molecular flexibility index (Phi) is 5.04. The van der Waals surface area contributed by atoms with E-state index in [-0.39, 0.29) is 5.91 Å². The molecule has 30 heavy (non-hydrogen) atoms. The summed E-state index contributed by atoms with van der Waals surface area (Å²) in [5, 5.41) is 10.2. The van der Waals surface area contributed by atoms with Crippen molar-refractivity contribution in [2.45, 2.75) is 24.5 Å². The van der Waals surface area contributed by atoms with Crippen LogP contribution in [0.4, 0.5) is 5.82 Å². The number of aromatic nitrogens is 5. The summed E-state index contributed by atoms with van der Waals surface area (Å²) in [7, 11) is 0. The lowest BCUT2D eigenvalue weighted by molar-refractivity contribution is 0.0948. The molecule has 0 atom stereocenters. The second-order valence-electron chi connectivity index (χ2n) is 7.36. The zero-order valence-electron chi connectivity index (χ0n) is 16.8. The lowest BCUT2D eigenvalue weighted by Crippen LogP contribution is -2.27. The minimum Gasteiger partial charge on any atom is -0.356 e. The topological polar surface area (TPSA) is 91.7 Å². The second kappa shape index (κ2) is 7.98. The number of aromatic amines is 1. The molecule has 9 heteroatoms. The highest BCUT2D eigenvalue weighted by molar-refractivity contribution is 7.98. The summed E-state index contributed by atoms with van der Waals surface area (Å²) in [6.45, 7) is 3.04. The predicted octanol–water partition coefficient (Wildman–Crippen LogP) is 3.06. The van der Waals surface area contributed by atoms with Crippen LogP contribution < -0.4 is 10.2 Å². The minimum atomic E-state index is -0.125. The van der Waals surface area contributed by atoms with Gasteiger partial charge in [-0.2, -0.15) is 5.10 Å². The molecule has 8 nitrogen and oxygen atoms in total. The van der Waals surface area contributed by atoms with E-state index in [2.05, 4.69) is 25.3 Å². The van der Waals surface area contributed by atoms with Gasteiger partial charge in [0.15, 0.2) is 10.8 Å². The molecule has 1 saturated heterocycles. The molecule has 0 radical (unpaired) electrons. The van der Waals surface area contributed by atoms with Gasteiger partial charge >= 0.3 is 0 Å². The number of carbonyl (C=O) groups excluding carboxylic acids is 1. The molecule has 0 unspecified atom stereocenters. The van der Waals surface area contributed by atoms with Crippen molar-refractivity contribution < 1.29 is 4.79 Å². The van der Waals surface area contributed by atoms with Gasteiger partial charge in [0.2, 0.25) is 0 Å². The molecule has 4 aromatic rings. The Labute approximate surface area is 178 Å². The van der Waals surface area contributed by atoms with Gasteiger partial charge in [0, 0.05) is 30.5 Å². The van der Waals surface area contributed by atoms with E-state index in [1.54, 1.807) is 0 Å². The van der Waals surface area contributed by atoms with E-state index in [1.807, 2.05) is 47.5 Å². The van der Waals surface area contributed by atoms with Gasteiger partial charge < -0.3 is 15.2 Å². The van der Waals surface area contributed by atoms with Crippen LogP contribution in [-0.4, -0.2) is 56.5 Å². The molecule has 1 fully saturated rings. The fraction of sp³-hybridized carbons (Fsp3) is 0.333. The fourth-order valence-electron chi connectivity index (χ4n) is 3.91. The van der Waals surface area contributed by atoms with Crippen LogP contribution in [0.25, 0.3) is 21.9 Å². The van der Waals surface area contributed by atoms with Crippen molar-refractivity contribution in [2.75, 3.05) is 30.8 Å². The highest BCUT2D eigenvalue weighted by atomic mass is 32.2. The Balaban J connectivity index is 1.32. The van der Waals surface area contributed by atoms with Gasteiger partial charge in [-0.1, -0.05) is 30.0 Å². The van der Waals surface area contributed by atoms with E-state index in [0.717, 1.165) is 46.0 Å². The first-order valence-electron chi connectivity index (χ1n) is 10.1. The maximum absolute atomic E-state index is 12.5. The highest BCUT2D eigenvalue weighted by Gasteiger charge is 2.20. The third kappa shape index (κ3) is 3.49.